The first-order valence-electron chi connectivity index (χ1n) is 6.93. The summed E-state index contributed by atoms with van der Waals surface area (Å²) in [5.74, 6) is -1.19. The van der Waals surface area contributed by atoms with Crippen LogP contribution in [0.4, 0.5) is 10.8 Å². The van der Waals surface area contributed by atoms with Gasteiger partial charge in [-0.2, -0.15) is 0 Å². The summed E-state index contributed by atoms with van der Waals surface area (Å²) < 4.78 is 0. The van der Waals surface area contributed by atoms with Crippen LogP contribution < -0.4 is 5.32 Å². The van der Waals surface area contributed by atoms with Gasteiger partial charge in [-0.1, -0.05) is 24.7 Å². The van der Waals surface area contributed by atoms with E-state index < -0.39 is 16.6 Å². The van der Waals surface area contributed by atoms with Crippen molar-refractivity contribution >= 4 is 33.8 Å². The summed E-state index contributed by atoms with van der Waals surface area (Å²) in [7, 11) is 0. The number of hydrogen-bond acceptors (Lipinski definition) is 7. The third-order valence-corrected chi connectivity index (χ3v) is 3.87. The summed E-state index contributed by atoms with van der Waals surface area (Å²) >= 11 is 1.09. The maximum atomic E-state index is 11.7. The zero-order valence-corrected chi connectivity index (χ0v) is 13.1. The van der Waals surface area contributed by atoms with Crippen LogP contribution in [0, 0.1) is 10.1 Å². The highest BCUT2D eigenvalue weighted by Crippen LogP contribution is 2.27. The van der Waals surface area contributed by atoms with Crippen LogP contribution in [-0.2, 0) is 9.59 Å². The summed E-state index contributed by atoms with van der Waals surface area (Å²) in [4.78, 5) is 33.4. The van der Waals surface area contributed by atoms with E-state index in [1.165, 1.54) is 12.1 Å². The van der Waals surface area contributed by atoms with Crippen LogP contribution in [0.5, 0.6) is 0 Å². The number of nitro groups is 1. The first-order valence-corrected chi connectivity index (χ1v) is 7.75. The molecule has 0 fully saturated rings. The molecule has 1 N–H and O–H groups in total. The number of amides is 1. The molecule has 8 nitrogen and oxygen atoms in total. The SMILES string of the molecule is CCCCC(=O)C(=O)Nc1nnc(-c2ccc([N+](=O)[O-])cc2)s1. The van der Waals surface area contributed by atoms with Gasteiger partial charge in [-0.3, -0.25) is 25.0 Å². The quantitative estimate of drug-likeness (QED) is 0.473. The summed E-state index contributed by atoms with van der Waals surface area (Å²) in [6, 6.07) is 5.83. The second-order valence-corrected chi connectivity index (χ2v) is 5.67. The Hall–Kier alpha value is -2.68. The third-order valence-electron chi connectivity index (χ3n) is 2.98. The molecule has 1 heterocycles. The number of nitrogens with zero attached hydrogens (tertiary/aromatic N) is 3. The lowest BCUT2D eigenvalue weighted by atomic mass is 10.2. The van der Waals surface area contributed by atoms with E-state index in [1.54, 1.807) is 12.1 Å². The minimum Gasteiger partial charge on any atom is -0.294 e. The van der Waals surface area contributed by atoms with Crippen LogP contribution in [0.25, 0.3) is 10.6 Å². The molecule has 2 aromatic rings. The van der Waals surface area contributed by atoms with Crippen LogP contribution in [0.15, 0.2) is 24.3 Å². The number of hydrogen-bond donors (Lipinski definition) is 1. The van der Waals surface area contributed by atoms with E-state index in [1.807, 2.05) is 6.92 Å². The molecule has 0 aliphatic heterocycles. The lowest BCUT2D eigenvalue weighted by Gasteiger charge is -1.99. The average molecular weight is 334 g/mol. The zero-order valence-electron chi connectivity index (χ0n) is 12.3. The maximum Gasteiger partial charge on any atom is 0.293 e. The van der Waals surface area contributed by atoms with Gasteiger partial charge in [0, 0.05) is 24.1 Å². The van der Waals surface area contributed by atoms with Gasteiger partial charge in [0.2, 0.25) is 10.9 Å². The van der Waals surface area contributed by atoms with Crippen molar-refractivity contribution in [3.8, 4) is 10.6 Å². The molecule has 1 amide bonds. The molecule has 23 heavy (non-hydrogen) atoms. The van der Waals surface area contributed by atoms with Gasteiger partial charge in [0.15, 0.2) is 0 Å². The highest BCUT2D eigenvalue weighted by Gasteiger charge is 2.16. The highest BCUT2D eigenvalue weighted by atomic mass is 32.1. The first kappa shape index (κ1) is 16.7. The number of anilines is 1. The summed E-state index contributed by atoms with van der Waals surface area (Å²) in [5, 5.41) is 21.5. The molecule has 0 spiro atoms. The van der Waals surface area contributed by atoms with Crippen molar-refractivity contribution < 1.29 is 14.5 Å². The first-order chi connectivity index (χ1) is 11.0. The Kier molecular flexibility index (Phi) is 5.47. The fourth-order valence-electron chi connectivity index (χ4n) is 1.73. The largest absolute Gasteiger partial charge is 0.294 e. The van der Waals surface area contributed by atoms with Crippen LogP contribution in [0.3, 0.4) is 0 Å². The number of carbonyl (C=O) groups excluding carboxylic acids is 2. The molecule has 0 saturated heterocycles. The van der Waals surface area contributed by atoms with Gasteiger partial charge < -0.3 is 0 Å². The monoisotopic (exact) mass is 334 g/mol. The number of unbranched alkanes of at least 4 members (excludes halogenated alkanes) is 1. The molecule has 0 saturated carbocycles. The Morgan fingerprint density at radius 3 is 2.57 bits per heavy atom. The third kappa shape index (κ3) is 4.39. The molecule has 120 valence electrons. The van der Waals surface area contributed by atoms with E-state index in [4.69, 9.17) is 0 Å². The lowest BCUT2D eigenvalue weighted by molar-refractivity contribution is -0.384. The second kappa shape index (κ2) is 7.54. The Bertz CT molecular complexity index is 727. The topological polar surface area (TPSA) is 115 Å². The molecule has 0 bridgehead atoms. The fourth-order valence-corrected chi connectivity index (χ4v) is 2.48. The molecule has 1 aromatic heterocycles. The summed E-state index contributed by atoms with van der Waals surface area (Å²) in [6.07, 6.45) is 1.70. The highest BCUT2D eigenvalue weighted by molar-refractivity contribution is 7.18. The molecule has 0 aliphatic rings. The van der Waals surface area contributed by atoms with Crippen molar-refractivity contribution in [3.05, 3.63) is 34.4 Å². The van der Waals surface area contributed by atoms with Crippen LogP contribution in [0.1, 0.15) is 26.2 Å². The predicted octanol–water partition coefficient (Wildman–Crippen LogP) is 2.81. The number of nitrogens with one attached hydrogen (secondary N) is 1. The van der Waals surface area contributed by atoms with Gasteiger partial charge in [-0.15, -0.1) is 10.2 Å². The van der Waals surface area contributed by atoms with Crippen LogP contribution >= 0.6 is 11.3 Å². The molecule has 0 aliphatic carbocycles. The molecular weight excluding hydrogens is 320 g/mol. The molecular formula is C14H14N4O4S. The molecule has 1 aromatic carbocycles. The average Bonchev–Trinajstić information content (AvgIpc) is 3.01. The smallest absolute Gasteiger partial charge is 0.293 e. The number of non-ortho nitro benzene ring substituents is 1. The minimum atomic E-state index is -0.704. The van der Waals surface area contributed by atoms with Gasteiger partial charge in [0.25, 0.3) is 11.6 Å². The normalized spacial score (nSPS) is 10.3. The minimum absolute atomic E-state index is 0.0201. The van der Waals surface area contributed by atoms with E-state index in [-0.39, 0.29) is 17.2 Å². The van der Waals surface area contributed by atoms with Crippen molar-refractivity contribution in [2.24, 2.45) is 0 Å². The maximum absolute atomic E-state index is 11.7. The lowest BCUT2D eigenvalue weighted by Crippen LogP contribution is -2.22. The molecule has 0 unspecified atom stereocenters. The van der Waals surface area contributed by atoms with Crippen molar-refractivity contribution in [2.45, 2.75) is 26.2 Å². The number of aromatic nitrogens is 2. The standard InChI is InChI=1S/C14H14N4O4S/c1-2-3-4-11(19)12(20)15-14-17-16-13(23-14)9-5-7-10(8-6-9)18(21)22/h5-8H,2-4H2,1H3,(H,15,17,20). The van der Waals surface area contributed by atoms with Gasteiger partial charge in [-0.05, 0) is 18.6 Å². The van der Waals surface area contributed by atoms with E-state index in [2.05, 4.69) is 15.5 Å². The van der Waals surface area contributed by atoms with Gasteiger partial charge in [-0.25, -0.2) is 0 Å². The molecule has 9 heteroatoms. The molecule has 2 rings (SSSR count). The van der Waals surface area contributed by atoms with Crippen molar-refractivity contribution in [3.63, 3.8) is 0 Å². The zero-order chi connectivity index (χ0) is 16.8. The van der Waals surface area contributed by atoms with Crippen molar-refractivity contribution in [1.29, 1.82) is 0 Å². The number of ketones is 1. The van der Waals surface area contributed by atoms with E-state index in [0.29, 0.717) is 17.0 Å². The predicted molar refractivity (Wildman–Crippen MR) is 85.2 cm³/mol. The number of Topliss-reactive ketones (excluding diaryl/α,β-unsaturated/α-hetero) is 1. The summed E-state index contributed by atoms with van der Waals surface area (Å²) in [5.41, 5.74) is 0.624. The fraction of sp³-hybridized carbons (Fsp3) is 0.286. The number of benzene rings is 1. The Morgan fingerprint density at radius 1 is 1.26 bits per heavy atom. The van der Waals surface area contributed by atoms with Crippen LogP contribution in [0.2, 0.25) is 0 Å². The molecule has 0 radical (unpaired) electrons. The van der Waals surface area contributed by atoms with E-state index >= 15 is 0 Å². The van der Waals surface area contributed by atoms with E-state index in [0.717, 1.165) is 17.8 Å². The van der Waals surface area contributed by atoms with Gasteiger partial charge in [0.05, 0.1) is 4.92 Å². The Labute approximate surface area is 135 Å². The summed E-state index contributed by atoms with van der Waals surface area (Å²) in [6.45, 7) is 1.94. The number of carbonyl (C=O) groups is 2. The number of nitro benzene ring substituents is 1. The van der Waals surface area contributed by atoms with Gasteiger partial charge >= 0.3 is 0 Å². The van der Waals surface area contributed by atoms with Crippen molar-refractivity contribution in [2.75, 3.05) is 5.32 Å². The van der Waals surface area contributed by atoms with E-state index in [9.17, 15) is 19.7 Å². The van der Waals surface area contributed by atoms with Crippen LogP contribution in [-0.4, -0.2) is 26.8 Å². The Balaban J connectivity index is 2.04. The van der Waals surface area contributed by atoms with Gasteiger partial charge in [0.1, 0.15) is 5.01 Å². The Morgan fingerprint density at radius 2 is 1.96 bits per heavy atom. The van der Waals surface area contributed by atoms with Crippen molar-refractivity contribution in [1.82, 2.24) is 10.2 Å². The number of rotatable bonds is 7. The second-order valence-electron chi connectivity index (χ2n) is 4.70. The molecule has 0 atom stereocenters.